The fraction of sp³-hybridized carbons (Fsp3) is 0.647. The molecule has 1 saturated heterocycles. The number of nitrogens with one attached hydrogen (secondary N) is 1. The van der Waals surface area contributed by atoms with Crippen LogP contribution in [0.1, 0.15) is 33.4 Å². The molecule has 1 aliphatic heterocycles. The van der Waals surface area contributed by atoms with Gasteiger partial charge in [0.2, 0.25) is 5.82 Å². The zero-order valence-electron chi connectivity index (χ0n) is 15.8. The summed E-state index contributed by atoms with van der Waals surface area (Å²) in [6, 6.07) is 0. The molecule has 1 N–H and O–H groups in total. The summed E-state index contributed by atoms with van der Waals surface area (Å²) in [5.41, 5.74) is -3.23. The summed E-state index contributed by atoms with van der Waals surface area (Å²) in [5.74, 6) is -1.19. The van der Waals surface area contributed by atoms with Gasteiger partial charge in [-0.1, -0.05) is 26.8 Å². The van der Waals surface area contributed by atoms with Gasteiger partial charge in [-0.15, -0.1) is 6.58 Å². The Morgan fingerprint density at radius 2 is 2.12 bits per heavy atom. The maximum absolute atomic E-state index is 14.6. The minimum absolute atomic E-state index is 0.0402. The van der Waals surface area contributed by atoms with Crippen LogP contribution in [-0.4, -0.2) is 36.2 Å². The standard InChI is InChI=1S/C17H26F2N2O4Si/c1-7-17(10-24-26(5,6)16(2,3)4)8-11(18)14(25-17)21-9-12(19)13(22)20-15(21)23/h7,9,11,14H,1,8,10H2,2-6H3,(H,20,22,23)/t11-,14+,17-/m0/s1. The monoisotopic (exact) mass is 388 g/mol. The highest BCUT2D eigenvalue weighted by Crippen LogP contribution is 2.42. The van der Waals surface area contributed by atoms with E-state index in [9.17, 15) is 18.4 Å². The van der Waals surface area contributed by atoms with Gasteiger partial charge in [0.05, 0.1) is 12.8 Å². The molecule has 0 amide bonds. The van der Waals surface area contributed by atoms with Crippen molar-refractivity contribution in [1.29, 1.82) is 0 Å². The van der Waals surface area contributed by atoms with Gasteiger partial charge in [0.1, 0.15) is 11.8 Å². The second-order valence-corrected chi connectivity index (χ2v) is 13.0. The van der Waals surface area contributed by atoms with Gasteiger partial charge >= 0.3 is 5.69 Å². The smallest absolute Gasteiger partial charge is 0.330 e. The Kier molecular flexibility index (Phi) is 5.47. The molecule has 0 saturated carbocycles. The fourth-order valence-corrected chi connectivity index (χ4v) is 3.51. The van der Waals surface area contributed by atoms with Crippen LogP contribution < -0.4 is 11.2 Å². The van der Waals surface area contributed by atoms with Crippen LogP contribution in [0.5, 0.6) is 0 Å². The van der Waals surface area contributed by atoms with Crippen molar-refractivity contribution < 1.29 is 17.9 Å². The summed E-state index contributed by atoms with van der Waals surface area (Å²) in [5, 5.41) is -0.0402. The molecule has 3 atom stereocenters. The van der Waals surface area contributed by atoms with Crippen LogP contribution in [0.25, 0.3) is 0 Å². The first kappa shape index (κ1) is 20.7. The van der Waals surface area contributed by atoms with Gasteiger partial charge < -0.3 is 9.16 Å². The Bertz CT molecular complexity index is 799. The first-order valence-electron chi connectivity index (χ1n) is 8.42. The molecule has 9 heteroatoms. The lowest BCUT2D eigenvalue weighted by Crippen LogP contribution is -2.45. The number of ether oxygens (including phenoxy) is 1. The molecule has 0 spiro atoms. The Balaban J connectivity index is 2.27. The van der Waals surface area contributed by atoms with Gasteiger partial charge in [0, 0.05) is 6.42 Å². The highest BCUT2D eigenvalue weighted by Gasteiger charge is 2.48. The van der Waals surface area contributed by atoms with E-state index in [-0.39, 0.29) is 18.1 Å². The molecule has 1 aromatic rings. The maximum atomic E-state index is 14.6. The minimum atomic E-state index is -2.11. The largest absolute Gasteiger partial charge is 0.414 e. The Morgan fingerprint density at radius 1 is 1.50 bits per heavy atom. The summed E-state index contributed by atoms with van der Waals surface area (Å²) in [7, 11) is -2.11. The normalized spacial score (nSPS) is 26.9. The van der Waals surface area contributed by atoms with Crippen molar-refractivity contribution in [3.05, 3.63) is 45.5 Å². The van der Waals surface area contributed by atoms with Gasteiger partial charge in [-0.3, -0.25) is 14.3 Å². The third kappa shape index (κ3) is 3.89. The number of aromatic amines is 1. The molecule has 26 heavy (non-hydrogen) atoms. The van der Waals surface area contributed by atoms with Gasteiger partial charge in [-0.05, 0) is 18.1 Å². The van der Waals surface area contributed by atoms with E-state index in [0.29, 0.717) is 6.20 Å². The SMILES string of the molecule is C=C[C@@]1(CO[Si](C)(C)C(C)(C)C)C[C@H](F)[C@H](n2cc(F)c(=O)[nH]c2=O)O1. The van der Waals surface area contributed by atoms with E-state index < -0.39 is 43.4 Å². The van der Waals surface area contributed by atoms with Crippen molar-refractivity contribution in [2.45, 2.75) is 63.3 Å². The third-order valence-electron chi connectivity index (χ3n) is 5.26. The number of hydrogen-bond donors (Lipinski definition) is 1. The van der Waals surface area contributed by atoms with Crippen molar-refractivity contribution in [3.63, 3.8) is 0 Å². The molecule has 0 aliphatic carbocycles. The van der Waals surface area contributed by atoms with Gasteiger partial charge in [0.15, 0.2) is 14.5 Å². The third-order valence-corrected chi connectivity index (χ3v) is 9.74. The van der Waals surface area contributed by atoms with Crippen LogP contribution in [0.3, 0.4) is 0 Å². The number of hydrogen-bond acceptors (Lipinski definition) is 4. The van der Waals surface area contributed by atoms with Gasteiger partial charge in [-0.2, -0.15) is 4.39 Å². The van der Waals surface area contributed by atoms with E-state index in [1.54, 1.807) is 4.98 Å². The number of H-pyrrole nitrogens is 1. The second kappa shape index (κ2) is 6.86. The van der Waals surface area contributed by atoms with Crippen LogP contribution >= 0.6 is 0 Å². The molecule has 2 heterocycles. The zero-order valence-corrected chi connectivity index (χ0v) is 16.8. The Hall–Kier alpha value is -1.58. The summed E-state index contributed by atoms with van der Waals surface area (Å²) >= 11 is 0. The maximum Gasteiger partial charge on any atom is 0.330 e. The first-order chi connectivity index (χ1) is 11.8. The van der Waals surface area contributed by atoms with E-state index >= 15 is 0 Å². The molecule has 1 aliphatic rings. The molecule has 0 aromatic carbocycles. The predicted molar refractivity (Wildman–Crippen MR) is 97.0 cm³/mol. The predicted octanol–water partition coefficient (Wildman–Crippen LogP) is 2.88. The molecule has 6 nitrogen and oxygen atoms in total. The molecular weight excluding hydrogens is 362 g/mol. The second-order valence-electron chi connectivity index (χ2n) is 8.19. The van der Waals surface area contributed by atoms with E-state index in [1.165, 1.54) is 6.08 Å². The van der Waals surface area contributed by atoms with Crippen molar-refractivity contribution in [3.8, 4) is 0 Å². The minimum Gasteiger partial charge on any atom is -0.414 e. The van der Waals surface area contributed by atoms with E-state index in [0.717, 1.165) is 4.57 Å². The van der Waals surface area contributed by atoms with Crippen LogP contribution in [-0.2, 0) is 9.16 Å². The molecule has 0 unspecified atom stereocenters. The van der Waals surface area contributed by atoms with E-state index in [1.807, 2.05) is 0 Å². The average Bonchev–Trinajstić information content (AvgIpc) is 2.85. The number of halogens is 2. The number of nitrogens with zero attached hydrogens (tertiary/aromatic N) is 1. The first-order valence-corrected chi connectivity index (χ1v) is 11.3. The average molecular weight is 388 g/mol. The molecule has 146 valence electrons. The van der Waals surface area contributed by atoms with Crippen LogP contribution in [0.15, 0.2) is 28.4 Å². The number of rotatable bonds is 5. The van der Waals surface area contributed by atoms with Gasteiger partial charge in [0.25, 0.3) is 5.56 Å². The molecule has 1 fully saturated rings. The summed E-state index contributed by atoms with van der Waals surface area (Å²) in [6.07, 6.45) is -0.913. The summed E-state index contributed by atoms with van der Waals surface area (Å²) in [4.78, 5) is 24.9. The van der Waals surface area contributed by atoms with E-state index in [2.05, 4.69) is 40.4 Å². The number of alkyl halides is 1. The topological polar surface area (TPSA) is 73.3 Å². The molecule has 0 radical (unpaired) electrons. The van der Waals surface area contributed by atoms with Crippen LogP contribution in [0.4, 0.5) is 8.78 Å². The highest BCUT2D eigenvalue weighted by molar-refractivity contribution is 6.74. The van der Waals surface area contributed by atoms with Crippen molar-refractivity contribution in [2.75, 3.05) is 6.61 Å². The summed E-state index contributed by atoms with van der Waals surface area (Å²) in [6.45, 7) is 14.2. The highest BCUT2D eigenvalue weighted by atomic mass is 28.4. The molecular formula is C17H26F2N2O4Si. The lowest BCUT2D eigenvalue weighted by molar-refractivity contribution is -0.0772. The Labute approximate surface area is 152 Å². The molecule has 2 rings (SSSR count). The molecule has 1 aromatic heterocycles. The van der Waals surface area contributed by atoms with Crippen molar-refractivity contribution in [1.82, 2.24) is 9.55 Å². The van der Waals surface area contributed by atoms with E-state index in [4.69, 9.17) is 9.16 Å². The summed E-state index contributed by atoms with van der Waals surface area (Å²) < 4.78 is 40.8. The lowest BCUT2D eigenvalue weighted by Gasteiger charge is -2.39. The molecule has 0 bridgehead atoms. The Morgan fingerprint density at radius 3 is 2.65 bits per heavy atom. The van der Waals surface area contributed by atoms with Crippen LogP contribution in [0, 0.1) is 5.82 Å². The lowest BCUT2D eigenvalue weighted by atomic mass is 10.0. The quantitative estimate of drug-likeness (QED) is 0.622. The van der Waals surface area contributed by atoms with Crippen LogP contribution in [0.2, 0.25) is 18.1 Å². The number of aromatic nitrogens is 2. The fourth-order valence-electron chi connectivity index (χ4n) is 2.48. The van der Waals surface area contributed by atoms with Crippen molar-refractivity contribution in [2.24, 2.45) is 0 Å². The zero-order chi connectivity index (χ0) is 19.9. The van der Waals surface area contributed by atoms with Gasteiger partial charge in [-0.25, -0.2) is 9.18 Å². The van der Waals surface area contributed by atoms with Crippen molar-refractivity contribution >= 4 is 8.32 Å².